The van der Waals surface area contributed by atoms with Crippen LogP contribution in [0.15, 0.2) is 36.4 Å². The van der Waals surface area contributed by atoms with Gasteiger partial charge in [0.05, 0.1) is 5.02 Å². The predicted molar refractivity (Wildman–Crippen MR) is 85.1 cm³/mol. The van der Waals surface area contributed by atoms with Crippen molar-refractivity contribution in [1.29, 1.82) is 0 Å². The third-order valence-corrected chi connectivity index (χ3v) is 3.22. The van der Waals surface area contributed by atoms with Gasteiger partial charge in [0.2, 0.25) is 0 Å². The number of rotatable bonds is 4. The zero-order valence-corrected chi connectivity index (χ0v) is 12.8. The molecule has 8 heteroatoms. The highest BCUT2D eigenvalue weighted by molar-refractivity contribution is 6.34. The molecule has 0 saturated heterocycles. The van der Waals surface area contributed by atoms with E-state index in [1.807, 2.05) is 0 Å². The monoisotopic (exact) mass is 338 g/mol. The summed E-state index contributed by atoms with van der Waals surface area (Å²) in [7, 11) is 0. The van der Waals surface area contributed by atoms with E-state index in [9.17, 15) is 9.59 Å². The van der Waals surface area contributed by atoms with Crippen LogP contribution in [0.3, 0.4) is 0 Å². The van der Waals surface area contributed by atoms with E-state index < -0.39 is 11.9 Å². The van der Waals surface area contributed by atoms with E-state index in [4.69, 9.17) is 28.9 Å². The van der Waals surface area contributed by atoms with Crippen molar-refractivity contribution in [3.63, 3.8) is 0 Å². The second kappa shape index (κ2) is 7.11. The van der Waals surface area contributed by atoms with Crippen LogP contribution in [0.1, 0.15) is 16.1 Å². The standard InChI is InChI=1S/C14H12Cl2N4O2/c15-10-5-6-11(16)20-12(10)13(21)18-7-8-1-3-9(4-2-8)19-14(17)22/h1-6H,7H2,(H,18,21)(H3,17,19,22). The molecular weight excluding hydrogens is 327 g/mol. The van der Waals surface area contributed by atoms with Gasteiger partial charge >= 0.3 is 6.03 Å². The molecular formula is C14H12Cl2N4O2. The largest absolute Gasteiger partial charge is 0.351 e. The van der Waals surface area contributed by atoms with Gasteiger partial charge < -0.3 is 16.4 Å². The number of anilines is 1. The molecule has 0 atom stereocenters. The van der Waals surface area contributed by atoms with E-state index in [-0.39, 0.29) is 22.4 Å². The highest BCUT2D eigenvalue weighted by Gasteiger charge is 2.12. The first kappa shape index (κ1) is 16.1. The SMILES string of the molecule is NC(=O)Nc1ccc(CNC(=O)c2nc(Cl)ccc2Cl)cc1. The molecule has 0 saturated carbocycles. The van der Waals surface area contributed by atoms with Gasteiger partial charge in [0.15, 0.2) is 0 Å². The zero-order chi connectivity index (χ0) is 16.1. The Morgan fingerprint density at radius 2 is 1.77 bits per heavy atom. The molecule has 114 valence electrons. The molecule has 0 spiro atoms. The van der Waals surface area contributed by atoms with Gasteiger partial charge in [-0.25, -0.2) is 9.78 Å². The van der Waals surface area contributed by atoms with E-state index >= 15 is 0 Å². The number of halogens is 2. The lowest BCUT2D eigenvalue weighted by Gasteiger charge is -2.07. The van der Waals surface area contributed by atoms with Crippen molar-refractivity contribution in [2.24, 2.45) is 5.73 Å². The van der Waals surface area contributed by atoms with Crippen LogP contribution in [0, 0.1) is 0 Å². The van der Waals surface area contributed by atoms with Crippen molar-refractivity contribution >= 4 is 40.8 Å². The molecule has 6 nitrogen and oxygen atoms in total. The van der Waals surface area contributed by atoms with Crippen LogP contribution in [0.4, 0.5) is 10.5 Å². The minimum absolute atomic E-state index is 0.0705. The predicted octanol–water partition coefficient (Wildman–Crippen LogP) is 2.81. The molecule has 0 radical (unpaired) electrons. The molecule has 1 aromatic carbocycles. The Hall–Kier alpha value is -2.31. The Kier molecular flexibility index (Phi) is 5.19. The maximum absolute atomic E-state index is 12.0. The molecule has 2 rings (SSSR count). The second-order valence-electron chi connectivity index (χ2n) is 4.33. The highest BCUT2D eigenvalue weighted by atomic mass is 35.5. The summed E-state index contributed by atoms with van der Waals surface area (Å²) in [5.74, 6) is -0.424. The number of hydrogen-bond donors (Lipinski definition) is 3. The van der Waals surface area contributed by atoms with Crippen molar-refractivity contribution in [2.75, 3.05) is 5.32 Å². The second-order valence-corrected chi connectivity index (χ2v) is 5.13. The number of nitrogens with two attached hydrogens (primary N) is 1. The van der Waals surface area contributed by atoms with Crippen molar-refractivity contribution < 1.29 is 9.59 Å². The van der Waals surface area contributed by atoms with E-state index in [2.05, 4.69) is 15.6 Å². The number of nitrogens with zero attached hydrogens (tertiary/aromatic N) is 1. The minimum Gasteiger partial charge on any atom is -0.351 e. The molecule has 0 unspecified atom stereocenters. The maximum atomic E-state index is 12.0. The van der Waals surface area contributed by atoms with E-state index in [0.29, 0.717) is 5.69 Å². The van der Waals surface area contributed by atoms with Gasteiger partial charge in [-0.3, -0.25) is 4.79 Å². The summed E-state index contributed by atoms with van der Waals surface area (Å²) in [4.78, 5) is 26.6. The average molecular weight is 339 g/mol. The number of benzene rings is 1. The number of aromatic nitrogens is 1. The van der Waals surface area contributed by atoms with Gasteiger partial charge in [-0.2, -0.15) is 0 Å². The summed E-state index contributed by atoms with van der Waals surface area (Å²) >= 11 is 11.7. The summed E-state index contributed by atoms with van der Waals surface area (Å²) in [6.07, 6.45) is 0. The fourth-order valence-corrected chi connectivity index (χ4v) is 2.03. The van der Waals surface area contributed by atoms with E-state index in [1.54, 1.807) is 24.3 Å². The maximum Gasteiger partial charge on any atom is 0.316 e. The lowest BCUT2D eigenvalue weighted by Crippen LogP contribution is -2.24. The van der Waals surface area contributed by atoms with Crippen LogP contribution in [0.5, 0.6) is 0 Å². The number of amides is 3. The molecule has 1 aromatic heterocycles. The van der Waals surface area contributed by atoms with Crippen LogP contribution >= 0.6 is 23.2 Å². The number of urea groups is 1. The fourth-order valence-electron chi connectivity index (χ4n) is 1.69. The number of pyridine rings is 1. The quantitative estimate of drug-likeness (QED) is 0.747. The molecule has 2 aromatic rings. The van der Waals surface area contributed by atoms with E-state index in [1.165, 1.54) is 12.1 Å². The van der Waals surface area contributed by atoms with Gasteiger partial charge in [0.1, 0.15) is 10.8 Å². The Balaban J connectivity index is 1.99. The molecule has 0 aliphatic rings. The van der Waals surface area contributed by atoms with Crippen molar-refractivity contribution in [3.05, 3.63) is 57.8 Å². The number of carbonyl (C=O) groups is 2. The van der Waals surface area contributed by atoms with Gasteiger partial charge in [-0.1, -0.05) is 35.3 Å². The Morgan fingerprint density at radius 3 is 2.41 bits per heavy atom. The normalized spacial score (nSPS) is 10.1. The Labute approximate surface area is 136 Å². The molecule has 0 aliphatic carbocycles. The van der Waals surface area contributed by atoms with Crippen LogP contribution in [-0.2, 0) is 6.54 Å². The molecule has 0 aliphatic heterocycles. The van der Waals surface area contributed by atoms with Crippen molar-refractivity contribution in [2.45, 2.75) is 6.54 Å². The first-order valence-corrected chi connectivity index (χ1v) is 6.97. The average Bonchev–Trinajstić information content (AvgIpc) is 2.48. The summed E-state index contributed by atoms with van der Waals surface area (Å²) in [5.41, 5.74) is 6.49. The number of carbonyl (C=O) groups excluding carboxylic acids is 2. The Bertz CT molecular complexity index is 704. The van der Waals surface area contributed by atoms with Crippen LogP contribution in [0.25, 0.3) is 0 Å². The number of nitrogens with one attached hydrogen (secondary N) is 2. The fraction of sp³-hybridized carbons (Fsp3) is 0.0714. The van der Waals surface area contributed by atoms with Crippen molar-refractivity contribution in [1.82, 2.24) is 10.3 Å². The summed E-state index contributed by atoms with van der Waals surface area (Å²) in [5, 5.41) is 5.55. The lowest BCUT2D eigenvalue weighted by molar-refractivity contribution is 0.0946. The van der Waals surface area contributed by atoms with Gasteiger partial charge in [-0.05, 0) is 29.8 Å². The van der Waals surface area contributed by atoms with Gasteiger partial charge in [-0.15, -0.1) is 0 Å². The number of primary amides is 1. The first-order chi connectivity index (χ1) is 10.5. The molecule has 1 heterocycles. The lowest BCUT2D eigenvalue weighted by atomic mass is 10.2. The molecule has 4 N–H and O–H groups in total. The molecule has 0 bridgehead atoms. The zero-order valence-electron chi connectivity index (χ0n) is 11.3. The third-order valence-electron chi connectivity index (χ3n) is 2.70. The van der Waals surface area contributed by atoms with Gasteiger partial charge in [0, 0.05) is 12.2 Å². The van der Waals surface area contributed by atoms with Crippen LogP contribution in [-0.4, -0.2) is 16.9 Å². The van der Waals surface area contributed by atoms with E-state index in [0.717, 1.165) is 5.56 Å². The van der Waals surface area contributed by atoms with Gasteiger partial charge in [0.25, 0.3) is 5.91 Å². The topological polar surface area (TPSA) is 97.1 Å². The molecule has 3 amide bonds. The smallest absolute Gasteiger partial charge is 0.316 e. The third kappa shape index (κ3) is 4.34. The van der Waals surface area contributed by atoms with Crippen molar-refractivity contribution in [3.8, 4) is 0 Å². The first-order valence-electron chi connectivity index (χ1n) is 6.21. The molecule has 22 heavy (non-hydrogen) atoms. The van der Waals surface area contributed by atoms with Crippen LogP contribution < -0.4 is 16.4 Å². The number of hydrogen-bond acceptors (Lipinski definition) is 3. The van der Waals surface area contributed by atoms with Crippen LogP contribution in [0.2, 0.25) is 10.2 Å². The Morgan fingerprint density at radius 1 is 1.09 bits per heavy atom. The molecule has 0 fully saturated rings. The summed E-state index contributed by atoms with van der Waals surface area (Å²) in [6.45, 7) is 0.278. The minimum atomic E-state index is -0.636. The summed E-state index contributed by atoms with van der Waals surface area (Å²) < 4.78 is 0. The summed E-state index contributed by atoms with van der Waals surface area (Å²) in [6, 6.07) is 9.23. The highest BCUT2D eigenvalue weighted by Crippen LogP contribution is 2.17.